The van der Waals surface area contributed by atoms with E-state index in [1.165, 1.54) is 12.0 Å². The number of fused-ring (bicyclic) bond motifs is 1. The third-order valence-corrected chi connectivity index (χ3v) is 8.77. The van der Waals surface area contributed by atoms with E-state index in [-0.39, 0.29) is 35.9 Å². The molecule has 1 saturated carbocycles. The van der Waals surface area contributed by atoms with E-state index in [0.29, 0.717) is 23.2 Å². The summed E-state index contributed by atoms with van der Waals surface area (Å²) >= 11 is 0. The number of alkyl carbamates (subject to hydrolysis) is 1. The van der Waals surface area contributed by atoms with E-state index in [1.54, 1.807) is 18.3 Å². The number of nitrogens with zero attached hydrogens (tertiary/aromatic N) is 2. The van der Waals surface area contributed by atoms with Crippen molar-refractivity contribution in [3.63, 3.8) is 0 Å². The third kappa shape index (κ3) is 8.36. The van der Waals surface area contributed by atoms with Crippen LogP contribution in [0.25, 0.3) is 5.52 Å². The highest BCUT2D eigenvalue weighted by molar-refractivity contribution is 6.10. The van der Waals surface area contributed by atoms with Crippen LogP contribution in [-0.4, -0.2) is 63.9 Å². The lowest BCUT2D eigenvalue weighted by Gasteiger charge is -2.32. The molecule has 2 amide bonds. The summed E-state index contributed by atoms with van der Waals surface area (Å²) in [5.41, 5.74) is 3.65. The molecule has 0 aliphatic heterocycles. The second kappa shape index (κ2) is 14.5. The number of ketones is 1. The number of amides is 2. The largest absolute Gasteiger partial charge is 0.468 e. The smallest absolute Gasteiger partial charge is 0.408 e. The zero-order valence-electron chi connectivity index (χ0n) is 28.4. The summed E-state index contributed by atoms with van der Waals surface area (Å²) in [6.45, 7) is 11.2. The summed E-state index contributed by atoms with van der Waals surface area (Å²) in [5.74, 6) is -0.834. The summed E-state index contributed by atoms with van der Waals surface area (Å²) < 4.78 is 12.1. The van der Waals surface area contributed by atoms with E-state index in [2.05, 4.69) is 5.32 Å². The number of esters is 1. The summed E-state index contributed by atoms with van der Waals surface area (Å²) in [4.78, 5) is 53.0. The monoisotopic (exact) mass is 631 g/mol. The Morgan fingerprint density at radius 2 is 1.67 bits per heavy atom. The summed E-state index contributed by atoms with van der Waals surface area (Å²) in [6, 6.07) is 13.0. The van der Waals surface area contributed by atoms with Crippen LogP contribution in [0.5, 0.6) is 0 Å². The molecule has 2 aromatic heterocycles. The number of ether oxygens (including phenoxy) is 2. The quantitative estimate of drug-likeness (QED) is 0.172. The number of rotatable bonds is 12. The number of hydrogen-bond donors (Lipinski definition) is 1. The van der Waals surface area contributed by atoms with Crippen LogP contribution in [0.15, 0.2) is 48.7 Å². The molecule has 0 spiro atoms. The topological polar surface area (TPSA) is 106 Å². The van der Waals surface area contributed by atoms with Gasteiger partial charge in [-0.05, 0) is 102 Å². The van der Waals surface area contributed by atoms with E-state index in [9.17, 15) is 19.2 Å². The minimum absolute atomic E-state index is 0.0801. The van der Waals surface area contributed by atoms with Crippen LogP contribution in [0, 0.1) is 0 Å². The molecule has 46 heavy (non-hydrogen) atoms. The van der Waals surface area contributed by atoms with Crippen molar-refractivity contribution in [3.8, 4) is 0 Å². The van der Waals surface area contributed by atoms with Crippen molar-refractivity contribution in [1.29, 1.82) is 0 Å². The average Bonchev–Trinajstić information content (AvgIpc) is 3.62. The van der Waals surface area contributed by atoms with Crippen molar-refractivity contribution < 1.29 is 28.7 Å². The number of benzene rings is 1. The van der Waals surface area contributed by atoms with E-state index in [1.807, 2.05) is 76.3 Å². The molecule has 0 atom stereocenters. The SMILES string of the molecule is CCc1cc2cc(C(=O)N(CC(=O)OC)C(C)C)ccn2c1C(=O)c1ccc(CCCC2(NC(=O)OC(C)(C)C)CCCC2)cc1. The molecule has 3 aromatic rings. The van der Waals surface area contributed by atoms with Gasteiger partial charge in [0, 0.05) is 34.4 Å². The van der Waals surface area contributed by atoms with Gasteiger partial charge in [0.2, 0.25) is 5.78 Å². The Hall–Kier alpha value is -4.14. The Morgan fingerprint density at radius 1 is 1.00 bits per heavy atom. The van der Waals surface area contributed by atoms with Crippen molar-refractivity contribution in [2.75, 3.05) is 13.7 Å². The van der Waals surface area contributed by atoms with Gasteiger partial charge in [0.1, 0.15) is 12.1 Å². The standard InChI is InChI=1S/C37H49N3O6/c1-8-27-22-30-23-29(34(43)40(25(2)3)24-31(41)45-7)17-21-39(30)32(27)33(42)28-15-13-26(14-16-28)12-11-20-37(18-9-10-19-37)38-35(44)46-36(4,5)6/h13-17,21-23,25H,8-12,18-20,24H2,1-7H3,(H,38,44). The predicted octanol–water partition coefficient (Wildman–Crippen LogP) is 6.92. The number of nitrogens with one attached hydrogen (secondary N) is 1. The van der Waals surface area contributed by atoms with E-state index in [0.717, 1.165) is 61.6 Å². The van der Waals surface area contributed by atoms with E-state index >= 15 is 0 Å². The molecule has 0 radical (unpaired) electrons. The van der Waals surface area contributed by atoms with Crippen LogP contribution >= 0.6 is 0 Å². The van der Waals surface area contributed by atoms with Crippen LogP contribution in [-0.2, 0) is 27.1 Å². The average molecular weight is 632 g/mol. The van der Waals surface area contributed by atoms with Crippen molar-refractivity contribution in [3.05, 3.63) is 76.6 Å². The molecule has 0 bridgehead atoms. The summed E-state index contributed by atoms with van der Waals surface area (Å²) in [5, 5.41) is 3.18. The first-order valence-corrected chi connectivity index (χ1v) is 16.4. The van der Waals surface area contributed by atoms with E-state index in [4.69, 9.17) is 9.47 Å². The first-order chi connectivity index (χ1) is 21.8. The van der Waals surface area contributed by atoms with Crippen LogP contribution in [0.4, 0.5) is 4.79 Å². The van der Waals surface area contributed by atoms with Crippen LogP contribution in [0.3, 0.4) is 0 Å². The number of hydrogen-bond acceptors (Lipinski definition) is 6. The fraction of sp³-hybridized carbons (Fsp3) is 0.514. The number of methoxy groups -OCH3 is 1. The summed E-state index contributed by atoms with van der Waals surface area (Å²) in [7, 11) is 1.30. The fourth-order valence-electron chi connectivity index (χ4n) is 6.35. The highest BCUT2D eigenvalue weighted by Crippen LogP contribution is 2.34. The van der Waals surface area contributed by atoms with Gasteiger partial charge in [-0.1, -0.05) is 44.0 Å². The van der Waals surface area contributed by atoms with Crippen LogP contribution in [0.2, 0.25) is 0 Å². The maximum atomic E-state index is 13.8. The van der Waals surface area contributed by atoms with Gasteiger partial charge < -0.3 is 24.1 Å². The zero-order valence-corrected chi connectivity index (χ0v) is 28.4. The third-order valence-electron chi connectivity index (χ3n) is 8.77. The highest BCUT2D eigenvalue weighted by Gasteiger charge is 2.36. The second-order valence-corrected chi connectivity index (χ2v) is 13.7. The number of aryl methyl sites for hydroxylation is 2. The number of carbonyl (C=O) groups excluding carboxylic acids is 4. The van der Waals surface area contributed by atoms with Gasteiger partial charge in [-0.2, -0.15) is 0 Å². The summed E-state index contributed by atoms with van der Waals surface area (Å²) in [6.07, 6.45) is 8.84. The molecule has 248 valence electrons. The predicted molar refractivity (Wildman–Crippen MR) is 178 cm³/mol. The fourth-order valence-corrected chi connectivity index (χ4v) is 6.35. The molecule has 9 nitrogen and oxygen atoms in total. The van der Waals surface area contributed by atoms with Gasteiger partial charge in [0.25, 0.3) is 5.91 Å². The lowest BCUT2D eigenvalue weighted by atomic mass is 9.89. The molecular weight excluding hydrogens is 582 g/mol. The Labute approximate surface area is 272 Å². The number of aromatic nitrogens is 1. The van der Waals surface area contributed by atoms with E-state index < -0.39 is 11.6 Å². The lowest BCUT2D eigenvalue weighted by molar-refractivity contribution is -0.141. The molecule has 2 heterocycles. The van der Waals surface area contributed by atoms with Gasteiger partial charge in [-0.3, -0.25) is 14.4 Å². The first-order valence-electron chi connectivity index (χ1n) is 16.4. The van der Waals surface area contributed by atoms with Gasteiger partial charge in [-0.15, -0.1) is 0 Å². The second-order valence-electron chi connectivity index (χ2n) is 13.7. The first kappa shape index (κ1) is 34.7. The Bertz CT molecular complexity index is 1560. The molecule has 0 saturated heterocycles. The van der Waals surface area contributed by atoms with Crippen molar-refractivity contribution in [1.82, 2.24) is 14.6 Å². The number of carbonyl (C=O) groups is 4. The maximum absolute atomic E-state index is 13.8. The van der Waals surface area contributed by atoms with Gasteiger partial charge >= 0.3 is 12.1 Å². The van der Waals surface area contributed by atoms with Gasteiger partial charge in [0.15, 0.2) is 0 Å². The zero-order chi connectivity index (χ0) is 33.6. The van der Waals surface area contributed by atoms with Crippen LogP contribution in [0.1, 0.15) is 118 Å². The van der Waals surface area contributed by atoms with Crippen molar-refractivity contribution in [2.24, 2.45) is 0 Å². The molecule has 1 aliphatic carbocycles. The maximum Gasteiger partial charge on any atom is 0.408 e. The van der Waals surface area contributed by atoms with Crippen molar-refractivity contribution in [2.45, 2.75) is 110 Å². The lowest BCUT2D eigenvalue weighted by Crippen LogP contribution is -2.48. The normalized spacial score (nSPS) is 14.3. The van der Waals surface area contributed by atoms with Gasteiger partial charge in [0.05, 0.1) is 12.8 Å². The molecule has 9 heteroatoms. The Balaban J connectivity index is 1.46. The minimum atomic E-state index is -0.529. The molecule has 4 rings (SSSR count). The molecule has 0 unspecified atom stereocenters. The molecule has 1 aromatic carbocycles. The minimum Gasteiger partial charge on any atom is -0.468 e. The highest BCUT2D eigenvalue weighted by atomic mass is 16.6. The van der Waals surface area contributed by atoms with Crippen LogP contribution < -0.4 is 5.32 Å². The van der Waals surface area contributed by atoms with Crippen molar-refractivity contribution >= 4 is 29.3 Å². The number of pyridine rings is 1. The molecule has 1 aliphatic rings. The molecule has 1 fully saturated rings. The Kier molecular flexibility index (Phi) is 11.0. The molecule has 1 N–H and O–H groups in total. The Morgan fingerprint density at radius 3 is 2.26 bits per heavy atom. The molecular formula is C37H49N3O6. The van der Waals surface area contributed by atoms with Gasteiger partial charge in [-0.25, -0.2) is 4.79 Å².